The number of aliphatic carboxylic acids is 1. The van der Waals surface area contributed by atoms with Crippen LogP contribution in [0, 0.1) is 0 Å². The number of aldehydes is 1. The number of ketones is 1. The molecule has 1 aromatic carbocycles. The van der Waals surface area contributed by atoms with Crippen LogP contribution in [0.4, 0.5) is 0 Å². The molecule has 0 aliphatic heterocycles. The van der Waals surface area contributed by atoms with Gasteiger partial charge in [-0.15, -0.1) is 0 Å². The van der Waals surface area contributed by atoms with E-state index in [1.807, 2.05) is 0 Å². The maximum absolute atomic E-state index is 12.0. The molecule has 2 atom stereocenters. The molecule has 0 aliphatic carbocycles. The Morgan fingerprint density at radius 2 is 2.00 bits per heavy atom. The number of benzene rings is 1. The van der Waals surface area contributed by atoms with Gasteiger partial charge in [0.15, 0.2) is 18.2 Å². The van der Waals surface area contributed by atoms with Gasteiger partial charge in [0.25, 0.3) is 0 Å². The Morgan fingerprint density at radius 3 is 2.44 bits per heavy atom. The first-order valence-electron chi connectivity index (χ1n) is 5.07. The highest BCUT2D eigenvalue weighted by Gasteiger charge is 2.26. The van der Waals surface area contributed by atoms with Crippen LogP contribution in [-0.2, 0) is 4.79 Å². The number of halogens is 1. The number of hydrogen-bond acceptors (Lipinski definition) is 4. The lowest BCUT2D eigenvalue weighted by molar-refractivity contribution is -0.146. The molecule has 0 fully saturated rings. The number of Topliss-reactive ketones (excluding diaryl/α,β-unsaturated/α-hetero) is 1. The molecule has 0 heterocycles. The third kappa shape index (κ3) is 2.83. The molecule has 96 valence electrons. The second-order valence-electron chi connectivity index (χ2n) is 3.65. The van der Waals surface area contributed by atoms with Crippen molar-refractivity contribution < 1.29 is 24.6 Å². The molecule has 2 N–H and O–H groups in total. The second-order valence-corrected chi connectivity index (χ2v) is 5.02. The first kappa shape index (κ1) is 14.5. The molecular weight excluding hydrogens is 304 g/mol. The number of carboxylic acids is 1. The molecule has 0 radical (unpaired) electrons. The fourth-order valence-corrected chi connectivity index (χ4v) is 1.76. The summed E-state index contributed by atoms with van der Waals surface area (Å²) in [6.45, 7) is 1.56. The summed E-state index contributed by atoms with van der Waals surface area (Å²) in [6.07, 6.45) is -1.38. The lowest BCUT2D eigenvalue weighted by Crippen LogP contribution is -2.20. The van der Waals surface area contributed by atoms with E-state index in [2.05, 4.69) is 15.9 Å². The SMILES string of the molecule is CC(Br)C(=O)c1c(C=O)cccc1C(O)C(=O)O. The molecule has 0 saturated heterocycles. The highest BCUT2D eigenvalue weighted by atomic mass is 79.9. The number of alkyl halides is 1. The minimum atomic E-state index is -1.84. The third-order valence-electron chi connectivity index (χ3n) is 2.39. The predicted octanol–water partition coefficient (Wildman–Crippen LogP) is 1.58. The highest BCUT2D eigenvalue weighted by Crippen LogP contribution is 2.24. The number of carbonyl (C=O) groups excluding carboxylic acids is 2. The van der Waals surface area contributed by atoms with Crippen LogP contribution in [0.5, 0.6) is 0 Å². The zero-order valence-electron chi connectivity index (χ0n) is 9.46. The minimum absolute atomic E-state index is 0.0594. The number of carboxylic acid groups (broad SMARTS) is 1. The van der Waals surface area contributed by atoms with Crippen LogP contribution >= 0.6 is 15.9 Å². The van der Waals surface area contributed by atoms with Crippen LogP contribution in [-0.4, -0.2) is 33.1 Å². The zero-order chi connectivity index (χ0) is 13.9. The molecular formula is C12H11BrO5. The summed E-state index contributed by atoms with van der Waals surface area (Å²) in [5.41, 5.74) is -0.0840. The van der Waals surface area contributed by atoms with Gasteiger partial charge in [-0.05, 0) is 6.92 Å². The van der Waals surface area contributed by atoms with Crippen molar-refractivity contribution in [3.05, 3.63) is 34.9 Å². The van der Waals surface area contributed by atoms with Crippen LogP contribution in [0.2, 0.25) is 0 Å². The van der Waals surface area contributed by atoms with Crippen LogP contribution in [0.3, 0.4) is 0 Å². The zero-order valence-corrected chi connectivity index (χ0v) is 11.0. The van der Waals surface area contributed by atoms with Crippen molar-refractivity contribution in [1.82, 2.24) is 0 Å². The lowest BCUT2D eigenvalue weighted by atomic mass is 9.93. The van der Waals surface area contributed by atoms with Crippen molar-refractivity contribution in [3.63, 3.8) is 0 Å². The average molecular weight is 315 g/mol. The van der Waals surface area contributed by atoms with Gasteiger partial charge < -0.3 is 10.2 Å². The lowest BCUT2D eigenvalue weighted by Gasteiger charge is -2.14. The number of aliphatic hydroxyl groups excluding tert-OH is 1. The van der Waals surface area contributed by atoms with Crippen LogP contribution < -0.4 is 0 Å². The van der Waals surface area contributed by atoms with Gasteiger partial charge in [-0.1, -0.05) is 34.1 Å². The molecule has 0 aliphatic rings. The Morgan fingerprint density at radius 1 is 1.39 bits per heavy atom. The first-order valence-corrected chi connectivity index (χ1v) is 5.99. The van der Waals surface area contributed by atoms with E-state index >= 15 is 0 Å². The average Bonchev–Trinajstić information content (AvgIpc) is 2.35. The maximum atomic E-state index is 12.0. The normalized spacial score (nSPS) is 13.7. The molecule has 0 aromatic heterocycles. The van der Waals surface area contributed by atoms with Crippen molar-refractivity contribution in [2.75, 3.05) is 0 Å². The molecule has 0 spiro atoms. The van der Waals surface area contributed by atoms with Gasteiger partial charge in [0.2, 0.25) is 0 Å². The van der Waals surface area contributed by atoms with E-state index in [1.165, 1.54) is 18.2 Å². The molecule has 2 unspecified atom stereocenters. The summed E-state index contributed by atoms with van der Waals surface area (Å²) < 4.78 is 0. The van der Waals surface area contributed by atoms with Gasteiger partial charge in [0.05, 0.1) is 4.83 Å². The van der Waals surface area contributed by atoms with Gasteiger partial charge in [-0.25, -0.2) is 4.79 Å². The minimum Gasteiger partial charge on any atom is -0.479 e. The van der Waals surface area contributed by atoms with Crippen molar-refractivity contribution >= 4 is 34.0 Å². The monoisotopic (exact) mass is 314 g/mol. The fraction of sp³-hybridized carbons (Fsp3) is 0.250. The largest absolute Gasteiger partial charge is 0.479 e. The highest BCUT2D eigenvalue weighted by molar-refractivity contribution is 9.10. The van der Waals surface area contributed by atoms with E-state index in [-0.39, 0.29) is 16.7 Å². The van der Waals surface area contributed by atoms with Crippen LogP contribution in [0.15, 0.2) is 18.2 Å². The summed E-state index contributed by atoms with van der Waals surface area (Å²) in [5, 5.41) is 18.3. The molecule has 1 rings (SSSR count). The summed E-state index contributed by atoms with van der Waals surface area (Å²) in [7, 11) is 0. The number of hydrogen-bond donors (Lipinski definition) is 2. The van der Waals surface area contributed by atoms with E-state index in [0.29, 0.717) is 6.29 Å². The van der Waals surface area contributed by atoms with Crippen molar-refractivity contribution in [3.8, 4) is 0 Å². The summed E-state index contributed by atoms with van der Waals surface area (Å²) in [4.78, 5) is 33.1. The topological polar surface area (TPSA) is 91.7 Å². The predicted molar refractivity (Wildman–Crippen MR) is 67.1 cm³/mol. The quantitative estimate of drug-likeness (QED) is 0.489. The maximum Gasteiger partial charge on any atom is 0.337 e. The number of rotatable bonds is 5. The number of carbonyl (C=O) groups is 3. The first-order chi connectivity index (χ1) is 8.40. The molecule has 0 bridgehead atoms. The Balaban J connectivity index is 3.47. The molecule has 6 heteroatoms. The molecule has 5 nitrogen and oxygen atoms in total. The molecule has 0 amide bonds. The Bertz CT molecular complexity index is 495. The van der Waals surface area contributed by atoms with Gasteiger partial charge in [0.1, 0.15) is 0 Å². The van der Waals surface area contributed by atoms with Gasteiger partial charge >= 0.3 is 5.97 Å². The van der Waals surface area contributed by atoms with E-state index in [9.17, 15) is 19.5 Å². The molecule has 0 saturated carbocycles. The smallest absolute Gasteiger partial charge is 0.337 e. The summed E-state index contributed by atoms with van der Waals surface area (Å²) in [5.74, 6) is -1.93. The van der Waals surface area contributed by atoms with Crippen LogP contribution in [0.25, 0.3) is 0 Å². The molecule has 1 aromatic rings. The van der Waals surface area contributed by atoms with Crippen molar-refractivity contribution in [2.24, 2.45) is 0 Å². The summed E-state index contributed by atoms with van der Waals surface area (Å²) >= 11 is 3.07. The van der Waals surface area contributed by atoms with E-state index < -0.39 is 22.7 Å². The van der Waals surface area contributed by atoms with Gasteiger partial charge in [-0.3, -0.25) is 9.59 Å². The Kier molecular flexibility index (Phi) is 4.75. The van der Waals surface area contributed by atoms with Crippen molar-refractivity contribution in [1.29, 1.82) is 0 Å². The van der Waals surface area contributed by atoms with Crippen molar-refractivity contribution in [2.45, 2.75) is 17.9 Å². The second kappa shape index (κ2) is 5.88. The Hall–Kier alpha value is -1.53. The third-order valence-corrected chi connectivity index (χ3v) is 2.81. The molecule has 18 heavy (non-hydrogen) atoms. The van der Waals surface area contributed by atoms with E-state index in [1.54, 1.807) is 6.92 Å². The number of aliphatic hydroxyl groups is 1. The van der Waals surface area contributed by atoms with Crippen LogP contribution in [0.1, 0.15) is 39.3 Å². The Labute approximate surface area is 112 Å². The fourth-order valence-electron chi connectivity index (χ4n) is 1.53. The van der Waals surface area contributed by atoms with E-state index in [0.717, 1.165) is 0 Å². The standard InChI is InChI=1S/C12H11BrO5/c1-6(13)10(15)9-7(5-14)3-2-4-8(9)11(16)12(17)18/h2-6,11,16H,1H3,(H,17,18). The van der Waals surface area contributed by atoms with E-state index in [4.69, 9.17) is 5.11 Å². The van der Waals surface area contributed by atoms with Gasteiger partial charge in [0, 0.05) is 16.7 Å². The van der Waals surface area contributed by atoms with Gasteiger partial charge in [-0.2, -0.15) is 0 Å². The summed E-state index contributed by atoms with van der Waals surface area (Å²) in [6, 6.07) is 4.13.